The van der Waals surface area contributed by atoms with E-state index in [2.05, 4.69) is 25.2 Å². The van der Waals surface area contributed by atoms with Gasteiger partial charge in [-0.1, -0.05) is 0 Å². The minimum atomic E-state index is -0.872. The number of fused-ring (bicyclic) bond motifs is 1. The zero-order valence-corrected chi connectivity index (χ0v) is 16.6. The van der Waals surface area contributed by atoms with E-state index in [9.17, 15) is 9.59 Å². The number of carboxylic acids is 1. The Bertz CT molecular complexity index is 888. The van der Waals surface area contributed by atoms with Crippen LogP contribution in [0.1, 0.15) is 39.4 Å². The third kappa shape index (κ3) is 4.68. The van der Waals surface area contributed by atoms with Gasteiger partial charge in [0.25, 0.3) is 0 Å². The van der Waals surface area contributed by atoms with E-state index in [1.54, 1.807) is 17.8 Å². The first-order valence-corrected chi connectivity index (χ1v) is 9.28. The first kappa shape index (κ1) is 19.8. The quantitative estimate of drug-likeness (QED) is 0.791. The van der Waals surface area contributed by atoms with E-state index in [1.807, 2.05) is 20.8 Å². The van der Waals surface area contributed by atoms with E-state index in [1.165, 1.54) is 0 Å². The number of hydrogen-bond acceptors (Lipinski definition) is 7. The number of carbonyl (C=O) groups excluding carboxylic acids is 1. The van der Waals surface area contributed by atoms with Crippen LogP contribution < -0.4 is 10.2 Å². The van der Waals surface area contributed by atoms with E-state index in [4.69, 9.17) is 9.84 Å². The van der Waals surface area contributed by atoms with Crippen LogP contribution in [-0.2, 0) is 16.1 Å². The van der Waals surface area contributed by atoms with Gasteiger partial charge in [-0.25, -0.2) is 19.7 Å². The maximum Gasteiger partial charge on any atom is 0.407 e. The molecule has 1 fully saturated rings. The monoisotopic (exact) mass is 390 g/mol. The van der Waals surface area contributed by atoms with Crippen molar-refractivity contribution in [2.75, 3.05) is 18.0 Å². The Morgan fingerprint density at radius 2 is 2.11 bits per heavy atom. The Hall–Kier alpha value is -2.91. The second-order valence-electron chi connectivity index (χ2n) is 7.93. The van der Waals surface area contributed by atoms with Crippen LogP contribution in [0.4, 0.5) is 10.6 Å². The Balaban J connectivity index is 1.75. The van der Waals surface area contributed by atoms with E-state index >= 15 is 0 Å². The number of alkyl carbamates (subject to hydrolysis) is 1. The smallest absolute Gasteiger partial charge is 0.407 e. The molecule has 2 N–H and O–H groups in total. The summed E-state index contributed by atoms with van der Waals surface area (Å²) in [5, 5.41) is 11.8. The molecule has 0 aliphatic carbocycles. The van der Waals surface area contributed by atoms with Crippen molar-refractivity contribution in [3.8, 4) is 0 Å². The van der Waals surface area contributed by atoms with Crippen LogP contribution in [0.2, 0.25) is 0 Å². The van der Waals surface area contributed by atoms with Crippen molar-refractivity contribution in [1.82, 2.24) is 24.8 Å². The molecule has 1 saturated heterocycles. The molecule has 0 saturated carbocycles. The highest BCUT2D eigenvalue weighted by molar-refractivity contribution is 5.84. The summed E-state index contributed by atoms with van der Waals surface area (Å²) >= 11 is 0. The lowest BCUT2D eigenvalue weighted by Gasteiger charge is -2.22. The number of anilines is 1. The molecule has 0 aromatic carbocycles. The number of nitrogens with zero attached hydrogens (tertiary/aromatic N) is 5. The fourth-order valence-electron chi connectivity index (χ4n) is 3.18. The molecule has 1 amide bonds. The van der Waals surface area contributed by atoms with Crippen LogP contribution in [-0.4, -0.2) is 61.4 Å². The summed E-state index contributed by atoms with van der Waals surface area (Å²) in [6, 6.07) is -0.0470. The fourth-order valence-corrected chi connectivity index (χ4v) is 3.18. The largest absolute Gasteiger partial charge is 0.481 e. The molecule has 0 spiro atoms. The van der Waals surface area contributed by atoms with Gasteiger partial charge in [0.2, 0.25) is 0 Å². The van der Waals surface area contributed by atoms with Crippen molar-refractivity contribution in [1.29, 1.82) is 0 Å². The highest BCUT2D eigenvalue weighted by atomic mass is 16.6. The van der Waals surface area contributed by atoms with Crippen LogP contribution in [0.15, 0.2) is 6.33 Å². The number of nitrogens with one attached hydrogen (secondary N) is 1. The summed E-state index contributed by atoms with van der Waals surface area (Å²) in [6.45, 7) is 8.88. The predicted molar refractivity (Wildman–Crippen MR) is 102 cm³/mol. The second-order valence-corrected chi connectivity index (χ2v) is 7.93. The van der Waals surface area contributed by atoms with Gasteiger partial charge in [0.05, 0.1) is 18.8 Å². The third-order valence-corrected chi connectivity index (χ3v) is 4.33. The second kappa shape index (κ2) is 7.61. The number of imidazole rings is 1. The highest BCUT2D eigenvalue weighted by Gasteiger charge is 2.29. The molecule has 1 atom stereocenters. The van der Waals surface area contributed by atoms with Crippen molar-refractivity contribution in [3.63, 3.8) is 0 Å². The van der Waals surface area contributed by atoms with Gasteiger partial charge < -0.3 is 24.6 Å². The number of rotatable bonds is 5. The van der Waals surface area contributed by atoms with E-state index in [0.29, 0.717) is 42.4 Å². The number of carboxylic acid groups (broad SMARTS) is 1. The Morgan fingerprint density at radius 1 is 1.36 bits per heavy atom. The molecule has 0 bridgehead atoms. The number of ether oxygens (including phenoxy) is 1. The van der Waals surface area contributed by atoms with Crippen molar-refractivity contribution < 1.29 is 19.4 Å². The van der Waals surface area contributed by atoms with Gasteiger partial charge >= 0.3 is 12.1 Å². The summed E-state index contributed by atoms with van der Waals surface area (Å²) in [5.74, 6) is 0.414. The van der Waals surface area contributed by atoms with Crippen LogP contribution >= 0.6 is 0 Å². The number of aryl methyl sites for hydroxylation is 2. The molecule has 1 aliphatic rings. The normalized spacial score (nSPS) is 17.1. The standard InChI is InChI=1S/C18H26N6O4/c1-11-20-15(14-16(21-11)24(10-19-14)8-6-13(25)26)23-7-5-12(9-23)22-17(27)28-18(2,3)4/h10,12H,5-9H2,1-4H3,(H,22,27)(H,25,26). The van der Waals surface area contributed by atoms with Crippen molar-refractivity contribution in [3.05, 3.63) is 12.2 Å². The van der Waals surface area contributed by atoms with Crippen LogP contribution in [0, 0.1) is 6.92 Å². The average molecular weight is 390 g/mol. The Kier molecular flexibility index (Phi) is 5.39. The van der Waals surface area contributed by atoms with Crippen molar-refractivity contribution >= 4 is 29.0 Å². The topological polar surface area (TPSA) is 122 Å². The molecular weight excluding hydrogens is 364 g/mol. The minimum Gasteiger partial charge on any atom is -0.481 e. The zero-order valence-electron chi connectivity index (χ0n) is 16.6. The van der Waals surface area contributed by atoms with Gasteiger partial charge in [-0.15, -0.1) is 0 Å². The highest BCUT2D eigenvalue weighted by Crippen LogP contribution is 2.26. The molecular formula is C18H26N6O4. The number of hydrogen-bond donors (Lipinski definition) is 2. The molecule has 28 heavy (non-hydrogen) atoms. The van der Waals surface area contributed by atoms with Crippen LogP contribution in [0.3, 0.4) is 0 Å². The lowest BCUT2D eigenvalue weighted by molar-refractivity contribution is -0.137. The van der Waals surface area contributed by atoms with Crippen molar-refractivity contribution in [2.24, 2.45) is 0 Å². The van der Waals surface area contributed by atoms with Gasteiger partial charge in [-0.2, -0.15) is 0 Å². The molecule has 1 unspecified atom stereocenters. The van der Waals surface area contributed by atoms with Gasteiger partial charge in [-0.05, 0) is 34.1 Å². The van der Waals surface area contributed by atoms with E-state index in [-0.39, 0.29) is 12.5 Å². The SMILES string of the molecule is Cc1nc(N2CCC(NC(=O)OC(C)(C)C)C2)c2ncn(CCC(=O)O)c2n1. The lowest BCUT2D eigenvalue weighted by atomic mass is 10.2. The van der Waals surface area contributed by atoms with Crippen LogP contribution in [0.25, 0.3) is 11.2 Å². The molecule has 3 heterocycles. The Morgan fingerprint density at radius 3 is 2.79 bits per heavy atom. The molecule has 3 rings (SSSR count). The van der Waals surface area contributed by atoms with Gasteiger partial charge in [0.15, 0.2) is 17.0 Å². The number of aliphatic carboxylic acids is 1. The summed E-state index contributed by atoms with van der Waals surface area (Å²) in [4.78, 5) is 38.3. The maximum atomic E-state index is 12.0. The third-order valence-electron chi connectivity index (χ3n) is 4.33. The molecule has 10 heteroatoms. The first-order chi connectivity index (χ1) is 13.1. The summed E-state index contributed by atoms with van der Waals surface area (Å²) in [7, 11) is 0. The summed E-state index contributed by atoms with van der Waals surface area (Å²) in [5.41, 5.74) is 0.711. The van der Waals surface area contributed by atoms with Gasteiger partial charge in [-0.3, -0.25) is 4.79 Å². The number of aromatic nitrogens is 4. The fraction of sp³-hybridized carbons (Fsp3) is 0.611. The van der Waals surface area contributed by atoms with Gasteiger partial charge in [0, 0.05) is 19.6 Å². The molecule has 10 nitrogen and oxygen atoms in total. The van der Waals surface area contributed by atoms with E-state index in [0.717, 1.165) is 6.42 Å². The number of carbonyl (C=O) groups is 2. The average Bonchev–Trinajstić information content (AvgIpc) is 3.17. The lowest BCUT2D eigenvalue weighted by Crippen LogP contribution is -2.40. The number of amides is 1. The first-order valence-electron chi connectivity index (χ1n) is 9.28. The predicted octanol–water partition coefficient (Wildman–Crippen LogP) is 1.71. The summed E-state index contributed by atoms with van der Waals surface area (Å²) in [6.07, 6.45) is 1.93. The molecule has 2 aromatic rings. The molecule has 2 aromatic heterocycles. The van der Waals surface area contributed by atoms with Crippen LogP contribution in [0.5, 0.6) is 0 Å². The maximum absolute atomic E-state index is 12.0. The minimum absolute atomic E-state index is 0.00452. The van der Waals surface area contributed by atoms with Gasteiger partial charge in [0.1, 0.15) is 11.4 Å². The Labute approximate surface area is 162 Å². The molecule has 152 valence electrons. The van der Waals surface area contributed by atoms with Crippen molar-refractivity contribution in [2.45, 2.75) is 58.7 Å². The molecule has 0 radical (unpaired) electrons. The molecule has 1 aliphatic heterocycles. The summed E-state index contributed by atoms with van der Waals surface area (Å²) < 4.78 is 7.05. The zero-order chi connectivity index (χ0) is 20.5. The van der Waals surface area contributed by atoms with E-state index < -0.39 is 17.7 Å².